The first-order valence-electron chi connectivity index (χ1n) is 7.56. The third-order valence-electron chi connectivity index (χ3n) is 3.92. The second-order valence-electron chi connectivity index (χ2n) is 5.72. The molecular formula is C16H19NO7S. The number of esters is 3. The van der Waals surface area contributed by atoms with Crippen molar-refractivity contribution < 1.29 is 33.4 Å². The second-order valence-corrected chi connectivity index (χ2v) is 6.74. The van der Waals surface area contributed by atoms with Crippen molar-refractivity contribution in [3.8, 4) is 0 Å². The van der Waals surface area contributed by atoms with Crippen molar-refractivity contribution in [2.24, 2.45) is 11.8 Å². The molecule has 25 heavy (non-hydrogen) atoms. The Morgan fingerprint density at radius 2 is 1.76 bits per heavy atom. The Balaban J connectivity index is 2.11. The van der Waals surface area contributed by atoms with Gasteiger partial charge in [-0.25, -0.2) is 9.59 Å². The van der Waals surface area contributed by atoms with Crippen LogP contribution in [0.15, 0.2) is 0 Å². The van der Waals surface area contributed by atoms with E-state index >= 15 is 0 Å². The molecule has 0 spiro atoms. The molecule has 1 saturated carbocycles. The lowest BCUT2D eigenvalue weighted by Crippen LogP contribution is -2.22. The van der Waals surface area contributed by atoms with E-state index in [1.165, 1.54) is 14.2 Å². The lowest BCUT2D eigenvalue weighted by Gasteiger charge is -2.07. The Kier molecular flexibility index (Phi) is 5.78. The predicted octanol–water partition coefficient (Wildman–Crippen LogP) is 1.77. The summed E-state index contributed by atoms with van der Waals surface area (Å²) in [5, 5.41) is 2.63. The Labute approximate surface area is 148 Å². The van der Waals surface area contributed by atoms with Gasteiger partial charge in [-0.05, 0) is 24.8 Å². The monoisotopic (exact) mass is 369 g/mol. The van der Waals surface area contributed by atoms with E-state index in [0.29, 0.717) is 5.56 Å². The first kappa shape index (κ1) is 18.9. The van der Waals surface area contributed by atoms with E-state index in [-0.39, 0.29) is 27.3 Å². The number of rotatable bonds is 6. The Bertz CT molecular complexity index is 724. The minimum absolute atomic E-state index is 0.0726. The summed E-state index contributed by atoms with van der Waals surface area (Å²) in [6.07, 6.45) is 0.763. The number of hydrogen-bond acceptors (Lipinski definition) is 8. The topological polar surface area (TPSA) is 108 Å². The van der Waals surface area contributed by atoms with Gasteiger partial charge < -0.3 is 19.5 Å². The van der Waals surface area contributed by atoms with E-state index in [0.717, 1.165) is 17.8 Å². The number of hydrogen-bond donors (Lipinski definition) is 1. The van der Waals surface area contributed by atoms with Crippen LogP contribution in [0.1, 0.15) is 38.9 Å². The van der Waals surface area contributed by atoms with Gasteiger partial charge in [0.25, 0.3) is 5.91 Å². The molecule has 1 aliphatic rings. The van der Waals surface area contributed by atoms with E-state index in [4.69, 9.17) is 9.47 Å². The van der Waals surface area contributed by atoms with Gasteiger partial charge in [-0.15, -0.1) is 11.3 Å². The third-order valence-corrected chi connectivity index (χ3v) is 5.11. The first-order valence-corrected chi connectivity index (χ1v) is 8.38. The van der Waals surface area contributed by atoms with Gasteiger partial charge in [0, 0.05) is 0 Å². The molecule has 1 N–H and O–H groups in total. The molecule has 0 aliphatic heterocycles. The zero-order chi connectivity index (χ0) is 18.7. The molecule has 0 aromatic carbocycles. The van der Waals surface area contributed by atoms with Crippen molar-refractivity contribution in [3.05, 3.63) is 16.0 Å². The van der Waals surface area contributed by atoms with Crippen molar-refractivity contribution in [3.63, 3.8) is 0 Å². The Morgan fingerprint density at radius 3 is 2.28 bits per heavy atom. The number of anilines is 1. The van der Waals surface area contributed by atoms with Gasteiger partial charge in [0.15, 0.2) is 6.61 Å². The van der Waals surface area contributed by atoms with E-state index in [2.05, 4.69) is 10.1 Å². The minimum atomic E-state index is -0.692. The largest absolute Gasteiger partial charge is 0.465 e. The lowest BCUT2D eigenvalue weighted by atomic mass is 10.1. The van der Waals surface area contributed by atoms with Crippen LogP contribution in [0.5, 0.6) is 0 Å². The lowest BCUT2D eigenvalue weighted by molar-refractivity contribution is -0.148. The molecule has 1 fully saturated rings. The summed E-state index contributed by atoms with van der Waals surface area (Å²) < 4.78 is 14.3. The van der Waals surface area contributed by atoms with Gasteiger partial charge in [0.05, 0.1) is 25.7 Å². The fourth-order valence-corrected chi connectivity index (χ4v) is 3.42. The molecule has 2 rings (SSSR count). The van der Waals surface area contributed by atoms with Crippen LogP contribution < -0.4 is 5.32 Å². The van der Waals surface area contributed by atoms with Crippen molar-refractivity contribution in [2.75, 3.05) is 26.1 Å². The normalized spacial score (nSPS) is 18.2. The molecule has 0 bridgehead atoms. The summed E-state index contributed by atoms with van der Waals surface area (Å²) in [5.41, 5.74) is 0.422. The van der Waals surface area contributed by atoms with E-state index in [1.54, 1.807) is 6.92 Å². The average molecular weight is 369 g/mol. The smallest absolute Gasteiger partial charge is 0.348 e. The van der Waals surface area contributed by atoms with Crippen LogP contribution in [0, 0.1) is 18.8 Å². The van der Waals surface area contributed by atoms with E-state index in [1.807, 2.05) is 6.92 Å². The SMILES string of the molecule is COC(=O)c1sc(NC(=O)COC(=O)C2CC2C)c(C(=O)OC)c1C. The number of nitrogens with one attached hydrogen (secondary N) is 1. The highest BCUT2D eigenvalue weighted by Gasteiger charge is 2.40. The fraction of sp³-hybridized carbons (Fsp3) is 0.500. The van der Waals surface area contributed by atoms with E-state index in [9.17, 15) is 19.2 Å². The summed E-state index contributed by atoms with van der Waals surface area (Å²) in [6, 6.07) is 0. The van der Waals surface area contributed by atoms with Crippen LogP contribution in [-0.2, 0) is 23.8 Å². The summed E-state index contributed by atoms with van der Waals surface area (Å²) in [4.78, 5) is 47.6. The van der Waals surface area contributed by atoms with Crippen LogP contribution in [0.2, 0.25) is 0 Å². The zero-order valence-electron chi connectivity index (χ0n) is 14.3. The third kappa shape index (κ3) is 4.16. The molecule has 1 aromatic rings. The Hall–Kier alpha value is -2.42. The fourth-order valence-electron chi connectivity index (χ4n) is 2.29. The van der Waals surface area contributed by atoms with Crippen LogP contribution >= 0.6 is 11.3 Å². The molecule has 2 unspecified atom stereocenters. The summed E-state index contributed by atoms with van der Waals surface area (Å²) in [7, 11) is 2.41. The summed E-state index contributed by atoms with van der Waals surface area (Å²) in [5.74, 6) is -2.19. The number of carbonyl (C=O) groups is 4. The molecule has 1 aliphatic carbocycles. The molecule has 0 saturated heterocycles. The molecule has 8 nitrogen and oxygen atoms in total. The summed E-state index contributed by atoms with van der Waals surface area (Å²) in [6.45, 7) is 3.02. The standard InChI is InChI=1S/C16H19NO7S/c1-7-5-9(7)14(19)24-6-10(18)17-13-11(15(20)22-3)8(2)12(25-13)16(21)23-4/h7,9H,5-6H2,1-4H3,(H,17,18). The highest BCUT2D eigenvalue weighted by atomic mass is 32.1. The molecular weight excluding hydrogens is 350 g/mol. The number of carbonyl (C=O) groups excluding carboxylic acids is 4. The molecule has 2 atom stereocenters. The summed E-state index contributed by atoms with van der Waals surface area (Å²) >= 11 is 0.896. The van der Waals surface area contributed by atoms with Crippen molar-refractivity contribution >= 4 is 40.2 Å². The number of amides is 1. The Morgan fingerprint density at radius 1 is 1.16 bits per heavy atom. The number of ether oxygens (including phenoxy) is 3. The second kappa shape index (κ2) is 7.64. The zero-order valence-corrected chi connectivity index (χ0v) is 15.2. The number of thiophene rings is 1. The van der Waals surface area contributed by atoms with Crippen molar-refractivity contribution in [1.29, 1.82) is 0 Å². The maximum atomic E-state index is 12.0. The van der Waals surface area contributed by atoms with Gasteiger partial charge in [0.2, 0.25) is 0 Å². The minimum Gasteiger partial charge on any atom is -0.465 e. The highest BCUT2D eigenvalue weighted by Crippen LogP contribution is 2.38. The molecule has 1 heterocycles. The van der Waals surface area contributed by atoms with Crippen LogP contribution in [0.3, 0.4) is 0 Å². The van der Waals surface area contributed by atoms with Crippen LogP contribution in [0.4, 0.5) is 5.00 Å². The van der Waals surface area contributed by atoms with Crippen molar-refractivity contribution in [1.82, 2.24) is 0 Å². The maximum absolute atomic E-state index is 12.0. The van der Waals surface area contributed by atoms with Gasteiger partial charge in [-0.3, -0.25) is 9.59 Å². The van der Waals surface area contributed by atoms with Crippen molar-refractivity contribution in [2.45, 2.75) is 20.3 Å². The highest BCUT2D eigenvalue weighted by molar-refractivity contribution is 7.18. The van der Waals surface area contributed by atoms with Gasteiger partial charge in [-0.1, -0.05) is 6.92 Å². The van der Waals surface area contributed by atoms with E-state index < -0.39 is 30.4 Å². The van der Waals surface area contributed by atoms with Gasteiger partial charge in [0.1, 0.15) is 9.88 Å². The van der Waals surface area contributed by atoms with Gasteiger partial charge in [-0.2, -0.15) is 0 Å². The average Bonchev–Trinajstić information content (AvgIpc) is 3.24. The first-order chi connectivity index (χ1) is 11.8. The predicted molar refractivity (Wildman–Crippen MR) is 88.6 cm³/mol. The number of methoxy groups -OCH3 is 2. The quantitative estimate of drug-likeness (QED) is 0.601. The van der Waals surface area contributed by atoms with Crippen LogP contribution in [0.25, 0.3) is 0 Å². The molecule has 1 amide bonds. The van der Waals surface area contributed by atoms with Gasteiger partial charge >= 0.3 is 17.9 Å². The molecule has 1 aromatic heterocycles. The molecule has 0 radical (unpaired) electrons. The van der Waals surface area contributed by atoms with Crippen LogP contribution in [-0.4, -0.2) is 44.6 Å². The molecule has 9 heteroatoms. The molecule has 136 valence electrons. The maximum Gasteiger partial charge on any atom is 0.348 e.